The summed E-state index contributed by atoms with van der Waals surface area (Å²) in [6, 6.07) is 15.9. The van der Waals surface area contributed by atoms with Crippen LogP contribution in [-0.2, 0) is 0 Å². The van der Waals surface area contributed by atoms with Crippen LogP contribution < -0.4 is 5.32 Å². The van der Waals surface area contributed by atoms with Crippen LogP contribution in [0.5, 0.6) is 0 Å². The Hall–Kier alpha value is -2.40. The Kier molecular flexibility index (Phi) is 4.65. The largest absolute Gasteiger partial charge is 0.340 e. The van der Waals surface area contributed by atoms with Gasteiger partial charge in [-0.15, -0.1) is 0 Å². The van der Waals surface area contributed by atoms with Gasteiger partial charge in [-0.2, -0.15) is 4.99 Å². The zero-order chi connectivity index (χ0) is 15.2. The van der Waals surface area contributed by atoms with Gasteiger partial charge in [0.25, 0.3) is 0 Å². The Morgan fingerprint density at radius 3 is 2.41 bits per heavy atom. The number of hydrogen-bond acceptors (Lipinski definition) is 3. The Labute approximate surface area is 131 Å². The number of aromatic nitrogens is 1. The number of aliphatic imine (C=N–C) groups is 1. The van der Waals surface area contributed by atoms with Crippen molar-refractivity contribution >= 4 is 17.5 Å². The van der Waals surface area contributed by atoms with E-state index in [0.29, 0.717) is 0 Å². The molecule has 1 aromatic heterocycles. The first kappa shape index (κ1) is 14.5. The van der Waals surface area contributed by atoms with Gasteiger partial charge in [0, 0.05) is 38.1 Å². The fraction of sp³-hybridized carbons (Fsp3) is 0.294. The van der Waals surface area contributed by atoms with Crippen molar-refractivity contribution < 1.29 is 0 Å². The molecule has 0 atom stereocenters. The van der Waals surface area contributed by atoms with E-state index < -0.39 is 0 Å². The zero-order valence-electron chi connectivity index (χ0n) is 12.8. The molecule has 0 unspecified atom stereocenters. The van der Waals surface area contributed by atoms with Crippen molar-refractivity contribution in [2.75, 3.05) is 38.5 Å². The Morgan fingerprint density at radius 2 is 1.73 bits per heavy atom. The van der Waals surface area contributed by atoms with E-state index in [2.05, 4.69) is 27.1 Å². The van der Waals surface area contributed by atoms with Crippen molar-refractivity contribution in [3.8, 4) is 0 Å². The topological polar surface area (TPSA) is 43.8 Å². The lowest BCUT2D eigenvalue weighted by Gasteiger charge is -2.34. The van der Waals surface area contributed by atoms with Crippen LogP contribution in [0, 0.1) is 0 Å². The monoisotopic (exact) mass is 295 g/mol. The molecule has 1 saturated heterocycles. The van der Waals surface area contributed by atoms with Gasteiger partial charge in [0.1, 0.15) is 0 Å². The van der Waals surface area contributed by atoms with E-state index in [9.17, 15) is 0 Å². The lowest BCUT2D eigenvalue weighted by Crippen LogP contribution is -2.49. The van der Waals surface area contributed by atoms with Crippen LogP contribution in [0.4, 0.5) is 11.5 Å². The molecule has 0 saturated carbocycles. The predicted molar refractivity (Wildman–Crippen MR) is 90.5 cm³/mol. The molecule has 1 N–H and O–H groups in total. The van der Waals surface area contributed by atoms with E-state index in [1.165, 1.54) is 0 Å². The van der Waals surface area contributed by atoms with Gasteiger partial charge in [0.15, 0.2) is 5.82 Å². The first-order valence-electron chi connectivity index (χ1n) is 7.56. The van der Waals surface area contributed by atoms with Gasteiger partial charge < -0.3 is 15.1 Å². The third-order valence-electron chi connectivity index (χ3n) is 3.70. The average Bonchev–Trinajstić information content (AvgIpc) is 2.57. The summed E-state index contributed by atoms with van der Waals surface area (Å²) in [6.45, 7) is 4.00. The molecule has 3 rings (SSSR count). The molecule has 22 heavy (non-hydrogen) atoms. The van der Waals surface area contributed by atoms with Crippen molar-refractivity contribution in [3.05, 3.63) is 54.7 Å². The number of hydrogen-bond donors (Lipinski definition) is 1. The van der Waals surface area contributed by atoms with E-state index in [4.69, 9.17) is 4.99 Å². The minimum absolute atomic E-state index is 0.722. The summed E-state index contributed by atoms with van der Waals surface area (Å²) in [4.78, 5) is 13.6. The van der Waals surface area contributed by atoms with Crippen LogP contribution in [0.3, 0.4) is 0 Å². The predicted octanol–water partition coefficient (Wildman–Crippen LogP) is 2.43. The maximum Gasteiger partial charge on any atom is 0.205 e. The minimum atomic E-state index is 0.722. The molecule has 1 aromatic carbocycles. The zero-order valence-corrected chi connectivity index (χ0v) is 12.8. The van der Waals surface area contributed by atoms with Crippen LogP contribution in [0.2, 0.25) is 0 Å². The molecular weight excluding hydrogens is 274 g/mol. The van der Waals surface area contributed by atoms with Crippen molar-refractivity contribution in [1.82, 2.24) is 14.8 Å². The molecular formula is C17H21N5. The molecule has 1 aliphatic rings. The van der Waals surface area contributed by atoms with Crippen LogP contribution in [0.15, 0.2) is 59.7 Å². The van der Waals surface area contributed by atoms with Gasteiger partial charge in [-0.25, -0.2) is 4.98 Å². The van der Waals surface area contributed by atoms with Gasteiger partial charge >= 0.3 is 0 Å². The van der Waals surface area contributed by atoms with Crippen LogP contribution in [0.1, 0.15) is 0 Å². The third-order valence-corrected chi connectivity index (χ3v) is 3.70. The first-order chi connectivity index (χ1) is 10.8. The number of likely N-dealkylation sites (N-methyl/N-ethyl adjacent to an activating group) is 1. The van der Waals surface area contributed by atoms with E-state index >= 15 is 0 Å². The van der Waals surface area contributed by atoms with Crippen molar-refractivity contribution in [3.63, 3.8) is 0 Å². The van der Waals surface area contributed by atoms with Crippen LogP contribution >= 0.6 is 0 Å². The highest BCUT2D eigenvalue weighted by Crippen LogP contribution is 2.12. The van der Waals surface area contributed by atoms with E-state index in [1.54, 1.807) is 6.20 Å². The fourth-order valence-electron chi connectivity index (χ4n) is 2.37. The van der Waals surface area contributed by atoms with Crippen LogP contribution in [0.25, 0.3) is 0 Å². The molecule has 0 spiro atoms. The Balaban J connectivity index is 1.83. The van der Waals surface area contributed by atoms with Gasteiger partial charge in [-0.3, -0.25) is 0 Å². The van der Waals surface area contributed by atoms with E-state index in [1.807, 2.05) is 48.5 Å². The molecule has 0 radical (unpaired) electrons. The summed E-state index contributed by atoms with van der Waals surface area (Å²) in [6.07, 6.45) is 1.77. The van der Waals surface area contributed by atoms with E-state index in [0.717, 1.165) is 43.6 Å². The third kappa shape index (κ3) is 3.83. The normalized spacial score (nSPS) is 16.6. The van der Waals surface area contributed by atoms with E-state index in [-0.39, 0.29) is 0 Å². The van der Waals surface area contributed by atoms with Gasteiger partial charge in [0.2, 0.25) is 5.96 Å². The number of nitrogens with zero attached hydrogens (tertiary/aromatic N) is 4. The first-order valence-corrected chi connectivity index (χ1v) is 7.56. The highest BCUT2D eigenvalue weighted by Gasteiger charge is 2.18. The second-order valence-corrected chi connectivity index (χ2v) is 5.40. The van der Waals surface area contributed by atoms with Gasteiger partial charge in [-0.05, 0) is 31.3 Å². The number of nitrogens with one attached hydrogen (secondary N) is 1. The Morgan fingerprint density at radius 1 is 1.00 bits per heavy atom. The SMILES string of the molecule is CN1CCN(/C(=N\c2ccccn2)Nc2ccccc2)CC1. The molecule has 0 amide bonds. The number of anilines is 1. The standard InChI is InChI=1S/C17H21N5/c1-21-11-13-22(14-12-21)17(19-15-7-3-2-4-8-15)20-16-9-5-6-10-18-16/h2-10H,11-14H2,1H3,(H,18,19,20). The number of benzene rings is 1. The van der Waals surface area contributed by atoms with Crippen LogP contribution in [-0.4, -0.2) is 54.0 Å². The smallest absolute Gasteiger partial charge is 0.205 e. The van der Waals surface area contributed by atoms with Crippen molar-refractivity contribution in [2.24, 2.45) is 4.99 Å². The quantitative estimate of drug-likeness (QED) is 0.682. The lowest BCUT2D eigenvalue weighted by atomic mass is 10.3. The van der Waals surface area contributed by atoms with Crippen molar-refractivity contribution in [2.45, 2.75) is 0 Å². The molecule has 0 aliphatic carbocycles. The number of para-hydroxylation sites is 1. The van der Waals surface area contributed by atoms with Crippen molar-refractivity contribution in [1.29, 1.82) is 0 Å². The highest BCUT2D eigenvalue weighted by molar-refractivity contribution is 5.95. The highest BCUT2D eigenvalue weighted by atomic mass is 15.3. The molecule has 0 bridgehead atoms. The summed E-state index contributed by atoms with van der Waals surface area (Å²) in [5, 5.41) is 3.43. The molecule has 5 heteroatoms. The number of pyridine rings is 1. The maximum absolute atomic E-state index is 4.70. The second-order valence-electron chi connectivity index (χ2n) is 5.40. The average molecular weight is 295 g/mol. The second kappa shape index (κ2) is 7.04. The number of piperazine rings is 1. The molecule has 114 valence electrons. The Bertz CT molecular complexity index is 603. The lowest BCUT2D eigenvalue weighted by molar-refractivity contribution is 0.215. The summed E-state index contributed by atoms with van der Waals surface area (Å²) in [5.41, 5.74) is 1.04. The minimum Gasteiger partial charge on any atom is -0.340 e. The maximum atomic E-state index is 4.70. The molecule has 2 aromatic rings. The molecule has 5 nitrogen and oxygen atoms in total. The number of guanidine groups is 1. The summed E-state index contributed by atoms with van der Waals surface area (Å²) in [7, 11) is 2.15. The van der Waals surface area contributed by atoms with Gasteiger partial charge in [-0.1, -0.05) is 24.3 Å². The summed E-state index contributed by atoms with van der Waals surface area (Å²) < 4.78 is 0. The summed E-state index contributed by atoms with van der Waals surface area (Å²) >= 11 is 0. The molecule has 1 fully saturated rings. The van der Waals surface area contributed by atoms with Gasteiger partial charge in [0.05, 0.1) is 0 Å². The number of rotatable bonds is 2. The molecule has 1 aliphatic heterocycles. The fourth-order valence-corrected chi connectivity index (χ4v) is 2.37. The summed E-state index contributed by atoms with van der Waals surface area (Å²) in [5.74, 6) is 1.58. The molecule has 2 heterocycles.